The Morgan fingerprint density at radius 3 is 1.82 bits per heavy atom. The number of aliphatic hydroxyl groups excluding tert-OH is 12. The fourth-order valence-corrected chi connectivity index (χ4v) is 16.0. The molecule has 0 aromatic heterocycles. The summed E-state index contributed by atoms with van der Waals surface area (Å²) in [6, 6.07) is -3.01. The highest BCUT2D eigenvalue weighted by Gasteiger charge is 2.61. The predicted octanol–water partition coefficient (Wildman–Crippen LogP) is -2.13. The Labute approximate surface area is 512 Å². The van der Waals surface area contributed by atoms with Gasteiger partial charge in [-0.05, 0) is 110 Å². The summed E-state index contributed by atoms with van der Waals surface area (Å²) in [5, 5.41) is 136. The normalized spacial score (nSPS) is 46.3. The van der Waals surface area contributed by atoms with E-state index in [-0.39, 0.29) is 28.4 Å². The van der Waals surface area contributed by atoms with Gasteiger partial charge in [-0.25, -0.2) is 0 Å². The van der Waals surface area contributed by atoms with E-state index in [1.807, 2.05) is 13.8 Å². The van der Waals surface area contributed by atoms with E-state index in [9.17, 15) is 75.7 Å². The topological polar surface area (TPSA) is 410 Å². The molecule has 5 aliphatic heterocycles. The molecule has 4 aliphatic carbocycles. The number of amides is 2. The van der Waals surface area contributed by atoms with Crippen LogP contribution >= 0.6 is 0 Å². The molecule has 14 N–H and O–H groups in total. The number of nitrogens with one attached hydrogen (secondary N) is 2. The zero-order valence-electron chi connectivity index (χ0n) is 51.6. The molecule has 29 unspecified atom stereocenters. The van der Waals surface area contributed by atoms with Crippen LogP contribution in [0.25, 0.3) is 0 Å². The van der Waals surface area contributed by atoms with Gasteiger partial charge in [0.05, 0.1) is 39.1 Å². The molecule has 5 saturated heterocycles. The first-order chi connectivity index (χ1) is 41.4. The zero-order chi connectivity index (χ0) is 64.2. The molecule has 0 bridgehead atoms. The largest absolute Gasteiger partial charge is 0.394 e. The quantitative estimate of drug-likeness (QED) is 0.0615. The lowest BCUT2D eigenvalue weighted by atomic mass is 9.46. The summed E-state index contributed by atoms with van der Waals surface area (Å²) < 4.78 is 61.7. The van der Waals surface area contributed by atoms with Crippen LogP contribution in [0, 0.1) is 34.0 Å². The van der Waals surface area contributed by atoms with Gasteiger partial charge in [-0.15, -0.1) is 0 Å². The lowest BCUT2D eigenvalue weighted by Gasteiger charge is -2.60. The van der Waals surface area contributed by atoms with E-state index < -0.39 is 198 Å². The molecule has 0 aromatic carbocycles. The Morgan fingerprint density at radius 2 is 1.19 bits per heavy atom. The molecule has 6 fully saturated rings. The van der Waals surface area contributed by atoms with Gasteiger partial charge in [0.25, 0.3) is 0 Å². The van der Waals surface area contributed by atoms with E-state index in [0.717, 1.165) is 57.9 Å². The number of hydrogen-bond donors (Lipinski definition) is 14. The van der Waals surface area contributed by atoms with Gasteiger partial charge in [0.15, 0.2) is 37.2 Å². The summed E-state index contributed by atoms with van der Waals surface area (Å²) in [5.74, 6) is -0.544. The molecule has 88 heavy (non-hydrogen) atoms. The van der Waals surface area contributed by atoms with Crippen LogP contribution in [0.3, 0.4) is 0 Å². The summed E-state index contributed by atoms with van der Waals surface area (Å²) in [5.41, 5.74) is 4.46. The number of fused-ring (bicyclic) bond motifs is 4. The second-order valence-electron chi connectivity index (χ2n) is 27.2. The third kappa shape index (κ3) is 13.7. The number of hydrogen-bond acceptors (Lipinski definition) is 25. The lowest BCUT2D eigenvalue weighted by Crippen LogP contribution is -2.68. The Hall–Kier alpha value is -3.05. The highest BCUT2D eigenvalue weighted by molar-refractivity contribution is 5.90. The molecule has 0 spiro atoms. The molecule has 9 aliphatic rings. The molecule has 9 rings (SSSR count). The van der Waals surface area contributed by atoms with Crippen LogP contribution in [0.5, 0.6) is 0 Å². The van der Waals surface area contributed by atoms with Crippen molar-refractivity contribution in [3.8, 4) is 0 Å². The molecule has 5 heterocycles. The van der Waals surface area contributed by atoms with Crippen molar-refractivity contribution in [2.75, 3.05) is 33.0 Å². The second kappa shape index (κ2) is 27.9. The summed E-state index contributed by atoms with van der Waals surface area (Å²) in [6.07, 6.45) is -25.6. The van der Waals surface area contributed by atoms with Crippen molar-refractivity contribution < 1.29 is 123 Å². The Morgan fingerprint density at radius 1 is 0.625 bits per heavy atom. The minimum Gasteiger partial charge on any atom is -0.394 e. The van der Waals surface area contributed by atoms with Crippen LogP contribution in [-0.2, 0) is 61.8 Å². The Bertz CT molecular complexity index is 2550. The smallest absolute Gasteiger partial charge is 0.217 e. The fourth-order valence-electron chi connectivity index (χ4n) is 16.0. The molecular formula is C61H96N2O25. The van der Waals surface area contributed by atoms with Gasteiger partial charge in [-0.3, -0.25) is 14.4 Å². The molecule has 29 atom stereocenters. The Kier molecular flexibility index (Phi) is 22.0. The average Bonchev–Trinajstić information content (AvgIpc) is 1.19. The molecule has 1 saturated carbocycles. The van der Waals surface area contributed by atoms with Gasteiger partial charge >= 0.3 is 0 Å². The van der Waals surface area contributed by atoms with Crippen molar-refractivity contribution in [3.63, 3.8) is 0 Å². The maximum absolute atomic E-state index is 13.0. The average molecular weight is 1260 g/mol. The monoisotopic (exact) mass is 1260 g/mol. The number of rotatable bonds is 19. The maximum atomic E-state index is 13.0. The van der Waals surface area contributed by atoms with E-state index in [1.165, 1.54) is 16.7 Å². The fraction of sp³-hybridized carbons (Fsp3) is 0.852. The summed E-state index contributed by atoms with van der Waals surface area (Å²) >= 11 is 0. The summed E-state index contributed by atoms with van der Waals surface area (Å²) in [7, 11) is 0. The number of ketones is 1. The number of allylic oxidation sites excluding steroid dienone is 6. The minimum atomic E-state index is -1.93. The van der Waals surface area contributed by atoms with E-state index in [1.54, 1.807) is 6.08 Å². The maximum Gasteiger partial charge on any atom is 0.217 e. The predicted molar refractivity (Wildman–Crippen MR) is 303 cm³/mol. The van der Waals surface area contributed by atoms with Crippen molar-refractivity contribution in [2.45, 2.75) is 261 Å². The van der Waals surface area contributed by atoms with Gasteiger partial charge in [0.1, 0.15) is 110 Å². The second-order valence-corrected chi connectivity index (χ2v) is 27.2. The number of ether oxygens (including phenoxy) is 10. The SMILES string of the molecule is CC(=O)NC1C(OC2COC(OC3CCC4(C)C5=C(CCC4C3(C)C)C3=CCC(C(C)CC(=O)C=C(C)C)C3(C)CC5)C(OC3OC(COC4OCC(O)C(O)C4OC4OC(CO)C(O)C(O)C4O)C(O)C(O)C3NC(C)=O)C2O)OC(CO)C(O)C1O. The molecule has 27 heteroatoms. The van der Waals surface area contributed by atoms with E-state index in [0.29, 0.717) is 18.8 Å². The number of aliphatic hydroxyl groups is 12. The van der Waals surface area contributed by atoms with Crippen LogP contribution in [0.4, 0.5) is 0 Å². The third-order valence-electron chi connectivity index (χ3n) is 20.7. The molecular weight excluding hydrogens is 1160 g/mol. The van der Waals surface area contributed by atoms with Crippen LogP contribution < -0.4 is 10.6 Å². The summed E-state index contributed by atoms with van der Waals surface area (Å²) in [4.78, 5) is 38.3. The van der Waals surface area contributed by atoms with Crippen molar-refractivity contribution in [2.24, 2.45) is 34.0 Å². The molecule has 0 radical (unpaired) electrons. The Balaban J connectivity index is 0.975. The summed E-state index contributed by atoms with van der Waals surface area (Å²) in [6.45, 7) is 14.2. The van der Waals surface area contributed by atoms with Crippen molar-refractivity contribution in [1.82, 2.24) is 10.6 Å². The van der Waals surface area contributed by atoms with Gasteiger partial charge in [-0.2, -0.15) is 0 Å². The van der Waals surface area contributed by atoms with E-state index >= 15 is 0 Å². The van der Waals surface area contributed by atoms with Crippen LogP contribution in [0.15, 0.2) is 34.4 Å². The third-order valence-corrected chi connectivity index (χ3v) is 20.7. The van der Waals surface area contributed by atoms with Crippen molar-refractivity contribution in [3.05, 3.63) is 34.4 Å². The van der Waals surface area contributed by atoms with Crippen molar-refractivity contribution >= 4 is 17.6 Å². The number of carbonyl (C=O) groups is 3. The van der Waals surface area contributed by atoms with E-state index in [4.69, 9.17) is 47.4 Å². The van der Waals surface area contributed by atoms with Crippen LogP contribution in [0.2, 0.25) is 0 Å². The first-order valence-electron chi connectivity index (χ1n) is 31.1. The van der Waals surface area contributed by atoms with Crippen LogP contribution in [0.1, 0.15) is 114 Å². The van der Waals surface area contributed by atoms with Crippen molar-refractivity contribution in [1.29, 1.82) is 0 Å². The van der Waals surface area contributed by atoms with Crippen LogP contribution in [-0.4, -0.2) is 259 Å². The highest BCUT2D eigenvalue weighted by Crippen LogP contribution is 2.67. The standard InChI is InChI=1S/C61H96N2O25/c1-25(2)18-29(68)19-26(3)31-11-12-32-30-10-13-39-59(6,7)40(15-17-61(39,9)33(30)14-16-60(31,32)8)86-58-53(47(74)38(24-81-58)85-54-41(62-27(4)66)48(75)44(71)35(20-64)82-54)87-55-42(63-28(5)67)49(76)46(73)37(84-55)23-80-57-52(43(70)34(69)22-79-57)88-56-51(78)50(77)45(72)36(21-65)83-56/h12,18,26,31,34-58,64-65,69-78H,10-11,13-17,19-24H2,1-9H3,(H,62,66)(H,63,67). The molecule has 27 nitrogen and oxygen atoms in total. The minimum absolute atomic E-state index is 0.0635. The number of carbonyl (C=O) groups excluding carboxylic acids is 3. The first kappa shape index (κ1) is 69.3. The van der Waals surface area contributed by atoms with Gasteiger partial charge in [-0.1, -0.05) is 51.8 Å². The van der Waals surface area contributed by atoms with Gasteiger partial charge < -0.3 is 119 Å². The molecule has 500 valence electrons. The first-order valence-corrected chi connectivity index (χ1v) is 31.1. The highest BCUT2D eigenvalue weighted by atomic mass is 16.8. The lowest BCUT2D eigenvalue weighted by molar-refractivity contribution is -0.375. The zero-order valence-corrected chi connectivity index (χ0v) is 51.6. The molecule has 2 amide bonds. The molecule has 0 aromatic rings. The van der Waals surface area contributed by atoms with E-state index in [2.05, 4.69) is 51.3 Å². The van der Waals surface area contributed by atoms with Gasteiger partial charge in [0, 0.05) is 20.3 Å². The van der Waals surface area contributed by atoms with Gasteiger partial charge in [0.2, 0.25) is 11.8 Å².